The first-order chi connectivity index (χ1) is 15.9. The number of hydrogen-bond acceptors (Lipinski definition) is 5. The van der Waals surface area contributed by atoms with Gasteiger partial charge in [-0.25, -0.2) is 14.3 Å². The average molecular weight is 453 g/mol. The highest BCUT2D eigenvalue weighted by molar-refractivity contribution is 5.85. The smallest absolute Gasteiger partial charge is 0.405 e. The highest BCUT2D eigenvalue weighted by Crippen LogP contribution is 2.21. The van der Waals surface area contributed by atoms with Crippen molar-refractivity contribution in [1.29, 1.82) is 0 Å². The minimum Gasteiger partial charge on any atom is -0.465 e. The Morgan fingerprint density at radius 1 is 1.12 bits per heavy atom. The van der Waals surface area contributed by atoms with Crippen LogP contribution < -0.4 is 16.0 Å². The van der Waals surface area contributed by atoms with Crippen LogP contribution in [0, 0.1) is 5.92 Å². The number of fused-ring (bicyclic) bond motifs is 1. The second-order valence-corrected chi connectivity index (χ2v) is 8.46. The Hall–Kier alpha value is -3.62. The zero-order chi connectivity index (χ0) is 23.8. The summed E-state index contributed by atoms with van der Waals surface area (Å²) in [7, 11) is 0. The van der Waals surface area contributed by atoms with E-state index in [9.17, 15) is 9.59 Å². The number of anilines is 1. The first-order valence-corrected chi connectivity index (χ1v) is 11.3. The van der Waals surface area contributed by atoms with Gasteiger partial charge < -0.3 is 21.1 Å². The van der Waals surface area contributed by atoms with E-state index in [2.05, 4.69) is 33.0 Å². The number of imidazole rings is 1. The number of carboxylic acid groups (broad SMARTS) is 1. The molecule has 2 aromatic heterocycles. The first-order valence-electron chi connectivity index (χ1n) is 11.3. The lowest BCUT2D eigenvalue weighted by Crippen LogP contribution is -2.46. The summed E-state index contributed by atoms with van der Waals surface area (Å²) in [6.45, 7) is 7.23. The third kappa shape index (κ3) is 6.68. The van der Waals surface area contributed by atoms with E-state index in [0.29, 0.717) is 13.0 Å². The number of nitrogens with one attached hydrogen (secondary N) is 3. The van der Waals surface area contributed by atoms with Crippen molar-refractivity contribution in [3.8, 4) is 11.3 Å². The molecule has 0 fully saturated rings. The van der Waals surface area contributed by atoms with E-state index in [4.69, 9.17) is 5.11 Å². The van der Waals surface area contributed by atoms with Gasteiger partial charge in [0.05, 0.1) is 11.9 Å². The fourth-order valence-corrected chi connectivity index (χ4v) is 3.52. The SMILES string of the molecule is CCCCNc1ccc2ncc(-c3ccc(CNC(=O)C(CC(C)C)NC(=O)O)cc3)n2n1. The van der Waals surface area contributed by atoms with Gasteiger partial charge in [0, 0.05) is 18.7 Å². The number of aromatic nitrogens is 3. The summed E-state index contributed by atoms with van der Waals surface area (Å²) >= 11 is 0. The van der Waals surface area contributed by atoms with Crippen molar-refractivity contribution in [2.75, 3.05) is 11.9 Å². The van der Waals surface area contributed by atoms with E-state index in [1.54, 1.807) is 6.20 Å². The normalized spacial score (nSPS) is 12.0. The molecule has 0 aliphatic rings. The van der Waals surface area contributed by atoms with Crippen LogP contribution in [0.25, 0.3) is 16.9 Å². The van der Waals surface area contributed by atoms with Gasteiger partial charge in [-0.3, -0.25) is 4.79 Å². The van der Waals surface area contributed by atoms with Crippen molar-refractivity contribution in [2.45, 2.75) is 52.6 Å². The zero-order valence-electron chi connectivity index (χ0n) is 19.3. The van der Waals surface area contributed by atoms with Gasteiger partial charge in [-0.15, -0.1) is 5.10 Å². The van der Waals surface area contributed by atoms with Gasteiger partial charge in [-0.2, -0.15) is 0 Å². The number of unbranched alkanes of at least 4 members (excludes halogenated alkanes) is 1. The molecular weight excluding hydrogens is 420 g/mol. The number of hydrogen-bond donors (Lipinski definition) is 4. The van der Waals surface area contributed by atoms with Gasteiger partial charge in [0.1, 0.15) is 11.9 Å². The fraction of sp³-hybridized carbons (Fsp3) is 0.417. The number of carbonyl (C=O) groups excluding carboxylic acids is 1. The van der Waals surface area contributed by atoms with Crippen LogP contribution in [0.15, 0.2) is 42.6 Å². The number of nitrogens with zero attached hydrogens (tertiary/aromatic N) is 3. The predicted molar refractivity (Wildman–Crippen MR) is 128 cm³/mol. The van der Waals surface area contributed by atoms with Crippen LogP contribution in [0.2, 0.25) is 0 Å². The van der Waals surface area contributed by atoms with Crippen LogP contribution >= 0.6 is 0 Å². The second kappa shape index (κ2) is 11.3. The summed E-state index contributed by atoms with van der Waals surface area (Å²) < 4.78 is 1.82. The Kier molecular flexibility index (Phi) is 8.23. The lowest BCUT2D eigenvalue weighted by molar-refractivity contribution is -0.123. The molecular formula is C24H32N6O3. The molecule has 0 radical (unpaired) electrons. The third-order valence-corrected chi connectivity index (χ3v) is 5.24. The van der Waals surface area contributed by atoms with Crippen molar-refractivity contribution in [1.82, 2.24) is 25.2 Å². The van der Waals surface area contributed by atoms with Gasteiger partial charge in [0.2, 0.25) is 5.91 Å². The summed E-state index contributed by atoms with van der Waals surface area (Å²) in [5.74, 6) is 0.665. The van der Waals surface area contributed by atoms with Gasteiger partial charge in [-0.05, 0) is 36.5 Å². The fourth-order valence-electron chi connectivity index (χ4n) is 3.52. The van der Waals surface area contributed by atoms with Crippen LogP contribution in [0.1, 0.15) is 45.6 Å². The van der Waals surface area contributed by atoms with Crippen molar-refractivity contribution >= 4 is 23.5 Å². The maximum atomic E-state index is 12.5. The van der Waals surface area contributed by atoms with Crippen molar-refractivity contribution in [3.05, 3.63) is 48.2 Å². The van der Waals surface area contributed by atoms with Crippen LogP contribution in [0.5, 0.6) is 0 Å². The summed E-state index contributed by atoms with van der Waals surface area (Å²) in [5.41, 5.74) is 3.52. The van der Waals surface area contributed by atoms with Crippen LogP contribution in [0.3, 0.4) is 0 Å². The molecule has 9 nitrogen and oxygen atoms in total. The first kappa shape index (κ1) is 24.0. The largest absolute Gasteiger partial charge is 0.465 e. The predicted octanol–water partition coefficient (Wildman–Crippen LogP) is 3.91. The number of carbonyl (C=O) groups is 2. The van der Waals surface area contributed by atoms with E-state index >= 15 is 0 Å². The average Bonchev–Trinajstić information content (AvgIpc) is 3.20. The van der Waals surface area contributed by atoms with Crippen LogP contribution in [-0.4, -0.2) is 44.3 Å². The molecule has 2 amide bonds. The molecule has 9 heteroatoms. The van der Waals surface area contributed by atoms with Crippen molar-refractivity contribution < 1.29 is 14.7 Å². The Morgan fingerprint density at radius 3 is 2.55 bits per heavy atom. The number of amides is 2. The molecule has 3 aromatic rings. The van der Waals surface area contributed by atoms with E-state index in [0.717, 1.165) is 47.7 Å². The third-order valence-electron chi connectivity index (χ3n) is 5.24. The Balaban J connectivity index is 1.67. The molecule has 2 heterocycles. The molecule has 0 spiro atoms. The standard InChI is InChI=1S/C24H32N6O3/c1-4-5-12-25-21-10-11-22-26-15-20(30(22)29-21)18-8-6-17(7-9-18)14-27-23(31)19(13-16(2)3)28-24(32)33/h6-11,15-16,19,28H,4-5,12-14H2,1-3H3,(H,25,29)(H,27,31)(H,32,33). The number of benzene rings is 1. The minimum absolute atomic E-state index is 0.188. The van der Waals surface area contributed by atoms with Gasteiger partial charge in [0.15, 0.2) is 5.65 Å². The molecule has 0 bridgehead atoms. The van der Waals surface area contributed by atoms with Crippen molar-refractivity contribution in [3.63, 3.8) is 0 Å². The maximum Gasteiger partial charge on any atom is 0.405 e. The number of rotatable bonds is 11. The molecule has 176 valence electrons. The molecule has 0 aliphatic carbocycles. The Morgan fingerprint density at radius 2 is 1.88 bits per heavy atom. The quantitative estimate of drug-likeness (QED) is 0.327. The van der Waals surface area contributed by atoms with Gasteiger partial charge in [-0.1, -0.05) is 51.5 Å². The molecule has 0 saturated heterocycles. The molecule has 4 N–H and O–H groups in total. The molecule has 33 heavy (non-hydrogen) atoms. The topological polar surface area (TPSA) is 121 Å². The van der Waals surface area contributed by atoms with Crippen LogP contribution in [-0.2, 0) is 11.3 Å². The molecule has 1 atom stereocenters. The second-order valence-electron chi connectivity index (χ2n) is 8.46. The highest BCUT2D eigenvalue weighted by atomic mass is 16.4. The van der Waals surface area contributed by atoms with E-state index < -0.39 is 12.1 Å². The van der Waals surface area contributed by atoms with Crippen molar-refractivity contribution in [2.24, 2.45) is 5.92 Å². The van der Waals surface area contributed by atoms with Gasteiger partial charge >= 0.3 is 6.09 Å². The maximum absolute atomic E-state index is 12.5. The molecule has 0 saturated carbocycles. The van der Waals surface area contributed by atoms with E-state index in [1.165, 1.54) is 0 Å². The molecule has 0 aliphatic heterocycles. The lowest BCUT2D eigenvalue weighted by atomic mass is 10.0. The zero-order valence-corrected chi connectivity index (χ0v) is 19.3. The summed E-state index contributed by atoms with van der Waals surface area (Å²) in [6.07, 6.45) is 3.23. The summed E-state index contributed by atoms with van der Waals surface area (Å²) in [6, 6.07) is 10.9. The Bertz CT molecular complexity index is 1080. The van der Waals surface area contributed by atoms with Crippen LogP contribution in [0.4, 0.5) is 10.6 Å². The summed E-state index contributed by atoms with van der Waals surface area (Å²) in [4.78, 5) is 27.9. The minimum atomic E-state index is -1.20. The van der Waals surface area contributed by atoms with Gasteiger partial charge in [0.25, 0.3) is 0 Å². The lowest BCUT2D eigenvalue weighted by Gasteiger charge is -2.18. The highest BCUT2D eigenvalue weighted by Gasteiger charge is 2.21. The monoisotopic (exact) mass is 452 g/mol. The summed E-state index contributed by atoms with van der Waals surface area (Å²) in [5, 5.41) is 22.1. The van der Waals surface area contributed by atoms with E-state index in [-0.39, 0.29) is 11.8 Å². The molecule has 1 aromatic carbocycles. The molecule has 1 unspecified atom stereocenters. The Labute approximate surface area is 193 Å². The molecule has 3 rings (SSSR count). The van der Waals surface area contributed by atoms with E-state index in [1.807, 2.05) is 54.8 Å².